The third kappa shape index (κ3) is 8.10. The lowest BCUT2D eigenvalue weighted by molar-refractivity contribution is 0.568. The number of fused-ring (bicyclic) bond motifs is 5. The van der Waals surface area contributed by atoms with E-state index in [1.54, 1.807) is 0 Å². The summed E-state index contributed by atoms with van der Waals surface area (Å²) in [6.07, 6.45) is 0. The van der Waals surface area contributed by atoms with Crippen molar-refractivity contribution in [1.29, 1.82) is 0 Å². The van der Waals surface area contributed by atoms with E-state index in [9.17, 15) is 0 Å². The molecule has 1 aromatic heterocycles. The molecule has 4 nitrogen and oxygen atoms in total. The number of aromatic nitrogens is 2. The van der Waals surface area contributed by atoms with Crippen LogP contribution in [0.2, 0.25) is 0 Å². The van der Waals surface area contributed by atoms with Gasteiger partial charge in [0.25, 0.3) is 6.71 Å². The minimum atomic E-state index is -0.0721. The third-order valence-corrected chi connectivity index (χ3v) is 14.8. The van der Waals surface area contributed by atoms with Crippen LogP contribution in [-0.4, -0.2) is 16.3 Å². The van der Waals surface area contributed by atoms with Crippen molar-refractivity contribution in [1.82, 2.24) is 9.55 Å². The first-order chi connectivity index (χ1) is 32.3. The van der Waals surface area contributed by atoms with Gasteiger partial charge in [0.2, 0.25) is 0 Å². The molecule has 0 atom stereocenters. The second-order valence-corrected chi connectivity index (χ2v) is 25.2. The number of para-hydroxylation sites is 1. The van der Waals surface area contributed by atoms with Gasteiger partial charge in [-0.25, -0.2) is 4.98 Å². The fourth-order valence-electron chi connectivity index (χ4n) is 10.6. The predicted octanol–water partition coefficient (Wildman–Crippen LogP) is 15.6. The molecule has 0 fully saturated rings. The maximum Gasteiger partial charge on any atom is 0.252 e. The quantitative estimate of drug-likeness (QED) is 0.164. The van der Waals surface area contributed by atoms with Gasteiger partial charge in [-0.05, 0) is 150 Å². The molecule has 0 unspecified atom stereocenters. The van der Waals surface area contributed by atoms with Crippen LogP contribution in [0.4, 0.5) is 34.1 Å². The van der Waals surface area contributed by atoms with Gasteiger partial charge < -0.3 is 9.80 Å². The molecular weight excluding hydrogens is 836 g/mol. The van der Waals surface area contributed by atoms with Gasteiger partial charge in [-0.2, -0.15) is 0 Å². The smallest absolute Gasteiger partial charge is 0.252 e. The summed E-state index contributed by atoms with van der Waals surface area (Å²) in [4.78, 5) is 10.8. The van der Waals surface area contributed by atoms with Crippen LogP contribution >= 0.6 is 0 Å². The lowest BCUT2D eigenvalue weighted by Gasteiger charge is -2.45. The third-order valence-electron chi connectivity index (χ3n) is 14.8. The van der Waals surface area contributed by atoms with Gasteiger partial charge in [0.1, 0.15) is 5.82 Å². The molecule has 2 aliphatic rings. The van der Waals surface area contributed by atoms with Crippen molar-refractivity contribution in [3.63, 3.8) is 0 Å². The van der Waals surface area contributed by atoms with Gasteiger partial charge in [-0.1, -0.05) is 177 Å². The van der Waals surface area contributed by atoms with Crippen molar-refractivity contribution in [2.45, 2.75) is 138 Å². The SMILES string of the molecule is Cc1cc2c3c(c1)N(c1cc(C(C)(C)C)cc(C(C)(C)C)c1)c1cc4nc(-c5ccc(C(C)(C)C)cc5)n(-c5ccccc5)c4cc1B3c1cc(C(C)(C)C)ccc1N2c1ccc(C(C)(C)C)cc1. The van der Waals surface area contributed by atoms with E-state index in [1.807, 2.05) is 0 Å². The number of rotatable bonds is 4. The number of hydrogen-bond donors (Lipinski definition) is 0. The van der Waals surface area contributed by atoms with Crippen LogP contribution in [0.15, 0.2) is 140 Å². The van der Waals surface area contributed by atoms with Gasteiger partial charge in [0.15, 0.2) is 0 Å². The van der Waals surface area contributed by atoms with Crippen molar-refractivity contribution in [3.05, 3.63) is 173 Å². The van der Waals surface area contributed by atoms with Crippen molar-refractivity contribution in [2.24, 2.45) is 0 Å². The van der Waals surface area contributed by atoms with E-state index in [2.05, 4.69) is 265 Å². The second-order valence-electron chi connectivity index (χ2n) is 25.2. The van der Waals surface area contributed by atoms with Crippen LogP contribution < -0.4 is 26.2 Å². The standard InChI is InChI=1S/C64H71BN4/c1-40-32-56-58-57(33-40)68(49-35-45(63(11,12)13)34-46(36-49)64(14,15)16)54-39-52-55(69(47-20-18-17-19-21-47)59(66-52)41-22-24-42(25-23-41)60(2,3)4)38-51(54)65(58)50-37-44(62(8,9)10)28-31-53(50)67(56)48-29-26-43(27-30-48)61(5,6)7/h17-39H,1-16H3. The molecule has 0 aliphatic carbocycles. The molecule has 350 valence electrons. The molecule has 0 amide bonds. The Hall–Kier alpha value is -6.33. The highest BCUT2D eigenvalue weighted by atomic mass is 15.2. The number of nitrogens with zero attached hydrogens (tertiary/aromatic N) is 4. The maximum atomic E-state index is 5.65. The Morgan fingerprint density at radius 2 is 0.884 bits per heavy atom. The predicted molar refractivity (Wildman–Crippen MR) is 299 cm³/mol. The van der Waals surface area contributed by atoms with E-state index >= 15 is 0 Å². The Morgan fingerprint density at radius 3 is 1.42 bits per heavy atom. The van der Waals surface area contributed by atoms with Gasteiger partial charge in [0.05, 0.1) is 11.0 Å². The first kappa shape index (κ1) is 46.4. The van der Waals surface area contributed by atoms with Crippen molar-refractivity contribution in [2.75, 3.05) is 9.80 Å². The van der Waals surface area contributed by atoms with E-state index in [1.165, 1.54) is 83.9 Å². The minimum Gasteiger partial charge on any atom is -0.311 e. The number of aryl methyl sites for hydroxylation is 1. The fraction of sp³-hybridized carbons (Fsp3) is 0.328. The monoisotopic (exact) mass is 907 g/mol. The molecule has 0 spiro atoms. The van der Waals surface area contributed by atoms with Crippen LogP contribution in [0.3, 0.4) is 0 Å². The Morgan fingerprint density at radius 1 is 0.391 bits per heavy atom. The average molecular weight is 907 g/mol. The Balaban J connectivity index is 1.34. The Labute approximate surface area is 413 Å². The van der Waals surface area contributed by atoms with Gasteiger partial charge in [-0.3, -0.25) is 4.57 Å². The number of hydrogen-bond acceptors (Lipinski definition) is 3. The summed E-state index contributed by atoms with van der Waals surface area (Å²) in [7, 11) is 0. The van der Waals surface area contributed by atoms with Crippen LogP contribution in [0, 0.1) is 6.92 Å². The molecule has 0 radical (unpaired) electrons. The lowest BCUT2D eigenvalue weighted by Crippen LogP contribution is -2.61. The topological polar surface area (TPSA) is 24.3 Å². The normalized spacial score (nSPS) is 14.0. The van der Waals surface area contributed by atoms with Crippen LogP contribution in [0.1, 0.15) is 137 Å². The fourth-order valence-corrected chi connectivity index (χ4v) is 10.6. The zero-order valence-electron chi connectivity index (χ0n) is 44.1. The first-order valence-electron chi connectivity index (χ1n) is 25.2. The Bertz CT molecular complexity index is 3250. The summed E-state index contributed by atoms with van der Waals surface area (Å²) in [6, 6.07) is 53.7. The summed E-state index contributed by atoms with van der Waals surface area (Å²) in [6.45, 7) is 37.0. The molecule has 0 saturated heterocycles. The van der Waals surface area contributed by atoms with E-state index in [0.717, 1.165) is 28.1 Å². The zero-order valence-corrected chi connectivity index (χ0v) is 44.1. The molecule has 0 saturated carbocycles. The molecule has 69 heavy (non-hydrogen) atoms. The number of benzene rings is 7. The first-order valence-corrected chi connectivity index (χ1v) is 25.2. The zero-order chi connectivity index (χ0) is 49.3. The molecule has 7 aromatic carbocycles. The van der Waals surface area contributed by atoms with Gasteiger partial charge in [0, 0.05) is 45.4 Å². The van der Waals surface area contributed by atoms with E-state index in [4.69, 9.17) is 4.98 Å². The summed E-state index contributed by atoms with van der Waals surface area (Å²) in [5.74, 6) is 0.938. The van der Waals surface area contributed by atoms with Crippen LogP contribution in [-0.2, 0) is 27.1 Å². The number of anilines is 6. The van der Waals surface area contributed by atoms with Crippen LogP contribution in [0.25, 0.3) is 28.1 Å². The molecule has 10 rings (SSSR count). The molecule has 8 aromatic rings. The highest BCUT2D eigenvalue weighted by Crippen LogP contribution is 2.48. The summed E-state index contributed by atoms with van der Waals surface area (Å²) < 4.78 is 2.40. The average Bonchev–Trinajstić information content (AvgIpc) is 3.65. The molecular formula is C64H71BN4. The van der Waals surface area contributed by atoms with E-state index in [-0.39, 0.29) is 33.8 Å². The van der Waals surface area contributed by atoms with Gasteiger partial charge in [-0.15, -0.1) is 0 Å². The highest BCUT2D eigenvalue weighted by molar-refractivity contribution is 7.00. The second kappa shape index (κ2) is 15.9. The molecule has 0 bridgehead atoms. The highest BCUT2D eigenvalue weighted by Gasteiger charge is 2.45. The van der Waals surface area contributed by atoms with Crippen molar-refractivity contribution < 1.29 is 0 Å². The summed E-state index contributed by atoms with van der Waals surface area (Å²) in [5, 5.41) is 0. The van der Waals surface area contributed by atoms with E-state index < -0.39 is 0 Å². The molecule has 2 aliphatic heterocycles. The Kier molecular flexibility index (Phi) is 10.7. The molecule has 3 heterocycles. The van der Waals surface area contributed by atoms with Crippen molar-refractivity contribution in [3.8, 4) is 17.1 Å². The van der Waals surface area contributed by atoms with Crippen molar-refractivity contribution >= 4 is 68.3 Å². The summed E-state index contributed by atoms with van der Waals surface area (Å²) >= 11 is 0. The maximum absolute atomic E-state index is 5.65. The number of imidazole rings is 1. The molecule has 5 heteroatoms. The summed E-state index contributed by atoms with van der Waals surface area (Å²) in [5.41, 5.74) is 23.1. The van der Waals surface area contributed by atoms with E-state index in [0.29, 0.717) is 0 Å². The molecule has 0 N–H and O–H groups in total. The van der Waals surface area contributed by atoms with Gasteiger partial charge >= 0.3 is 0 Å². The lowest BCUT2D eigenvalue weighted by atomic mass is 9.33. The largest absolute Gasteiger partial charge is 0.311 e. The van der Waals surface area contributed by atoms with Crippen LogP contribution in [0.5, 0.6) is 0 Å². The minimum absolute atomic E-state index is 0.0402.